The molecule has 0 aromatic heterocycles. The van der Waals surface area contributed by atoms with Crippen molar-refractivity contribution in [2.45, 2.75) is 6.42 Å². The molecule has 1 aromatic carbocycles. The van der Waals surface area contributed by atoms with E-state index in [1.165, 1.54) is 0 Å². The number of rotatable bonds is 5. The van der Waals surface area contributed by atoms with Crippen molar-refractivity contribution in [3.63, 3.8) is 0 Å². The largest absolute Gasteiger partial charge is 0.479 e. The summed E-state index contributed by atoms with van der Waals surface area (Å²) in [6, 6.07) is 7.18. The van der Waals surface area contributed by atoms with Crippen LogP contribution in [0.25, 0.3) is 0 Å². The number of alkyl halides is 1. The van der Waals surface area contributed by atoms with Crippen LogP contribution in [0.15, 0.2) is 24.3 Å². The second kappa shape index (κ2) is 8.68. The molecule has 0 atom stereocenters. The number of amides is 1. The molecule has 5 heteroatoms. The SMILES string of the molecule is O=C(CCCl)NCC#CCOc1ccccc1Cl. The topological polar surface area (TPSA) is 38.3 Å². The highest BCUT2D eigenvalue weighted by molar-refractivity contribution is 6.32. The summed E-state index contributed by atoms with van der Waals surface area (Å²) in [5.41, 5.74) is 0. The van der Waals surface area contributed by atoms with Gasteiger partial charge >= 0.3 is 0 Å². The van der Waals surface area contributed by atoms with Crippen molar-refractivity contribution in [1.29, 1.82) is 0 Å². The molecule has 0 unspecified atom stereocenters. The summed E-state index contributed by atoms with van der Waals surface area (Å²) in [5.74, 6) is 6.36. The van der Waals surface area contributed by atoms with E-state index in [0.29, 0.717) is 29.6 Å². The van der Waals surface area contributed by atoms with Crippen LogP contribution < -0.4 is 10.1 Å². The van der Waals surface area contributed by atoms with Crippen molar-refractivity contribution < 1.29 is 9.53 Å². The molecule has 1 amide bonds. The molecule has 3 nitrogen and oxygen atoms in total. The van der Waals surface area contributed by atoms with Crippen molar-refractivity contribution in [3.05, 3.63) is 29.3 Å². The van der Waals surface area contributed by atoms with Gasteiger partial charge in [0.1, 0.15) is 12.4 Å². The molecule has 0 saturated carbocycles. The molecule has 0 fully saturated rings. The first-order valence-corrected chi connectivity index (χ1v) is 6.31. The molecule has 18 heavy (non-hydrogen) atoms. The van der Waals surface area contributed by atoms with Gasteiger partial charge in [-0.25, -0.2) is 0 Å². The summed E-state index contributed by atoms with van der Waals surface area (Å²) in [7, 11) is 0. The van der Waals surface area contributed by atoms with E-state index >= 15 is 0 Å². The fraction of sp³-hybridized carbons (Fsp3) is 0.308. The number of benzene rings is 1. The average molecular weight is 286 g/mol. The summed E-state index contributed by atoms with van der Waals surface area (Å²) in [6.45, 7) is 0.525. The van der Waals surface area contributed by atoms with Crippen LogP contribution in [0.4, 0.5) is 0 Å². The van der Waals surface area contributed by atoms with Crippen molar-refractivity contribution in [3.8, 4) is 17.6 Å². The zero-order valence-electron chi connectivity index (χ0n) is 9.71. The van der Waals surface area contributed by atoms with Crippen molar-refractivity contribution in [1.82, 2.24) is 5.32 Å². The Hall–Kier alpha value is -1.37. The second-order valence-corrected chi connectivity index (χ2v) is 4.07. The monoisotopic (exact) mass is 285 g/mol. The van der Waals surface area contributed by atoms with Crippen LogP contribution in [-0.4, -0.2) is 24.9 Å². The first-order valence-electron chi connectivity index (χ1n) is 5.39. The molecule has 0 bridgehead atoms. The smallest absolute Gasteiger partial charge is 0.221 e. The molecule has 1 N–H and O–H groups in total. The van der Waals surface area contributed by atoms with Gasteiger partial charge in [-0.15, -0.1) is 11.6 Å². The lowest BCUT2D eigenvalue weighted by Crippen LogP contribution is -2.23. The Morgan fingerprint density at radius 1 is 1.33 bits per heavy atom. The molecule has 0 aliphatic heterocycles. The number of hydrogen-bond donors (Lipinski definition) is 1. The number of ether oxygens (including phenoxy) is 1. The Morgan fingerprint density at radius 3 is 2.83 bits per heavy atom. The van der Waals surface area contributed by atoms with Crippen molar-refractivity contribution >= 4 is 29.1 Å². The van der Waals surface area contributed by atoms with E-state index in [9.17, 15) is 4.79 Å². The van der Waals surface area contributed by atoms with E-state index in [4.69, 9.17) is 27.9 Å². The number of hydrogen-bond acceptors (Lipinski definition) is 2. The third-order valence-corrected chi connectivity index (χ3v) is 2.46. The number of carbonyl (C=O) groups is 1. The minimum absolute atomic E-state index is 0.105. The summed E-state index contributed by atoms with van der Waals surface area (Å²) in [4.78, 5) is 11.0. The Morgan fingerprint density at radius 2 is 2.11 bits per heavy atom. The summed E-state index contributed by atoms with van der Waals surface area (Å²) in [6.07, 6.45) is 0.305. The van der Waals surface area contributed by atoms with Gasteiger partial charge < -0.3 is 10.1 Å². The zero-order chi connectivity index (χ0) is 13.2. The van der Waals surface area contributed by atoms with Gasteiger partial charge in [-0.05, 0) is 12.1 Å². The number of carbonyl (C=O) groups excluding carboxylic acids is 1. The maximum atomic E-state index is 11.0. The van der Waals surface area contributed by atoms with Crippen molar-refractivity contribution in [2.75, 3.05) is 19.0 Å². The van der Waals surface area contributed by atoms with Crippen molar-refractivity contribution in [2.24, 2.45) is 0 Å². The van der Waals surface area contributed by atoms with Gasteiger partial charge in [-0.2, -0.15) is 0 Å². The van der Waals surface area contributed by atoms with Gasteiger partial charge in [0.15, 0.2) is 0 Å². The highest BCUT2D eigenvalue weighted by atomic mass is 35.5. The highest BCUT2D eigenvalue weighted by Gasteiger charge is 1.97. The lowest BCUT2D eigenvalue weighted by atomic mass is 10.3. The van der Waals surface area contributed by atoms with Gasteiger partial charge in [0.25, 0.3) is 0 Å². The lowest BCUT2D eigenvalue weighted by molar-refractivity contribution is -0.120. The molecule has 96 valence electrons. The molecular weight excluding hydrogens is 273 g/mol. The Bertz CT molecular complexity index is 452. The first kappa shape index (κ1) is 14.7. The minimum atomic E-state index is -0.105. The Balaban J connectivity index is 2.22. The summed E-state index contributed by atoms with van der Waals surface area (Å²) in [5, 5.41) is 3.17. The lowest BCUT2D eigenvalue weighted by Gasteiger charge is -2.03. The summed E-state index contributed by atoms with van der Waals surface area (Å²) < 4.78 is 5.35. The molecule has 0 radical (unpaired) electrons. The van der Waals surface area contributed by atoms with Crippen LogP contribution in [0.5, 0.6) is 5.75 Å². The molecule has 0 saturated heterocycles. The highest BCUT2D eigenvalue weighted by Crippen LogP contribution is 2.22. The third kappa shape index (κ3) is 5.81. The van der Waals surface area contributed by atoms with Gasteiger partial charge in [0, 0.05) is 12.3 Å². The molecule has 0 spiro atoms. The van der Waals surface area contributed by atoms with E-state index in [1.54, 1.807) is 12.1 Å². The van der Waals surface area contributed by atoms with Crippen LogP contribution in [0, 0.1) is 11.8 Å². The van der Waals surface area contributed by atoms with Crippen LogP contribution in [-0.2, 0) is 4.79 Å². The van der Waals surface area contributed by atoms with Gasteiger partial charge in [-0.3, -0.25) is 4.79 Å². The molecular formula is C13H13Cl2NO2. The molecule has 0 heterocycles. The minimum Gasteiger partial charge on any atom is -0.479 e. The van der Waals surface area contributed by atoms with E-state index in [1.807, 2.05) is 12.1 Å². The quantitative estimate of drug-likeness (QED) is 0.667. The maximum Gasteiger partial charge on any atom is 0.221 e. The average Bonchev–Trinajstić information content (AvgIpc) is 2.36. The molecule has 1 rings (SSSR count). The van der Waals surface area contributed by atoms with Crippen LogP contribution in [0.1, 0.15) is 6.42 Å². The molecule has 1 aromatic rings. The van der Waals surface area contributed by atoms with E-state index in [0.717, 1.165) is 0 Å². The Kier molecular flexibility index (Phi) is 7.09. The van der Waals surface area contributed by atoms with Crippen LogP contribution >= 0.6 is 23.2 Å². The fourth-order valence-electron chi connectivity index (χ4n) is 1.11. The predicted octanol–water partition coefficient (Wildman–Crippen LogP) is 2.47. The van der Waals surface area contributed by atoms with Crippen LogP contribution in [0.2, 0.25) is 5.02 Å². The van der Waals surface area contributed by atoms with Gasteiger partial charge in [0.2, 0.25) is 5.91 Å². The number of nitrogens with one attached hydrogen (secondary N) is 1. The normalized spacial score (nSPS) is 9.22. The number of halogens is 2. The van der Waals surface area contributed by atoms with Gasteiger partial charge in [0.05, 0.1) is 11.6 Å². The standard InChI is InChI=1S/C13H13Cl2NO2/c14-8-7-13(17)16-9-3-4-10-18-12-6-2-1-5-11(12)15/h1-2,5-6H,7-10H2,(H,16,17). The van der Waals surface area contributed by atoms with E-state index in [-0.39, 0.29) is 12.5 Å². The first-order chi connectivity index (χ1) is 8.74. The molecule has 0 aliphatic carbocycles. The Labute approximate surface area is 116 Å². The van der Waals surface area contributed by atoms with Crippen LogP contribution in [0.3, 0.4) is 0 Å². The second-order valence-electron chi connectivity index (χ2n) is 3.29. The third-order valence-electron chi connectivity index (χ3n) is 1.96. The molecule has 0 aliphatic rings. The maximum absolute atomic E-state index is 11.0. The van der Waals surface area contributed by atoms with E-state index in [2.05, 4.69) is 17.2 Å². The predicted molar refractivity (Wildman–Crippen MR) is 73.1 cm³/mol. The zero-order valence-corrected chi connectivity index (χ0v) is 11.2. The van der Waals surface area contributed by atoms with E-state index < -0.39 is 0 Å². The van der Waals surface area contributed by atoms with Gasteiger partial charge in [-0.1, -0.05) is 35.6 Å². The fourth-order valence-corrected chi connectivity index (χ4v) is 1.47. The summed E-state index contributed by atoms with van der Waals surface area (Å²) >= 11 is 11.3. The number of para-hydroxylation sites is 1.